The van der Waals surface area contributed by atoms with Gasteiger partial charge in [-0.2, -0.15) is 0 Å². The molecular weight excluding hydrogens is 296 g/mol. The molecule has 0 spiro atoms. The average Bonchev–Trinajstić information content (AvgIpc) is 2.61. The molecule has 0 aliphatic rings. The highest BCUT2D eigenvalue weighted by molar-refractivity contribution is 5.90. The van der Waals surface area contributed by atoms with E-state index in [1.807, 2.05) is 37.3 Å². The van der Waals surface area contributed by atoms with Crippen LogP contribution in [0, 0.1) is 6.92 Å². The second-order valence-corrected chi connectivity index (χ2v) is 6.11. The smallest absolute Gasteiger partial charge is 0.335 e. The second kappa shape index (κ2) is 6.71. The van der Waals surface area contributed by atoms with Gasteiger partial charge in [-0.3, -0.25) is 0 Å². The van der Waals surface area contributed by atoms with Crippen LogP contribution in [0.15, 0.2) is 72.8 Å². The van der Waals surface area contributed by atoms with Crippen LogP contribution in [0.4, 0.5) is 0 Å². The summed E-state index contributed by atoms with van der Waals surface area (Å²) in [6.45, 7) is 4.04. The number of carboxylic acids is 1. The monoisotopic (exact) mass is 316 g/mol. The first-order valence-corrected chi connectivity index (χ1v) is 8.05. The molecule has 1 unspecified atom stereocenters. The molecule has 0 amide bonds. The van der Waals surface area contributed by atoms with Crippen molar-refractivity contribution in [3.8, 4) is 11.1 Å². The van der Waals surface area contributed by atoms with Crippen molar-refractivity contribution >= 4 is 5.97 Å². The molecule has 3 aromatic carbocycles. The van der Waals surface area contributed by atoms with Gasteiger partial charge >= 0.3 is 5.97 Å². The van der Waals surface area contributed by atoms with Crippen molar-refractivity contribution in [2.45, 2.75) is 19.8 Å². The first-order valence-electron chi connectivity index (χ1n) is 8.05. The van der Waals surface area contributed by atoms with Gasteiger partial charge in [0.05, 0.1) is 5.56 Å². The van der Waals surface area contributed by atoms with Gasteiger partial charge in [-0.15, -0.1) is 0 Å². The fourth-order valence-electron chi connectivity index (χ4n) is 3.01. The van der Waals surface area contributed by atoms with Crippen LogP contribution in [0.5, 0.6) is 0 Å². The second-order valence-electron chi connectivity index (χ2n) is 6.11. The number of carboxylic acid groups (broad SMARTS) is 1. The maximum atomic E-state index is 11.5. The van der Waals surface area contributed by atoms with E-state index < -0.39 is 5.97 Å². The van der Waals surface area contributed by atoms with E-state index in [0.717, 1.165) is 22.3 Å². The van der Waals surface area contributed by atoms with E-state index in [1.165, 1.54) is 5.56 Å². The molecule has 0 radical (unpaired) electrons. The maximum absolute atomic E-state index is 11.5. The topological polar surface area (TPSA) is 37.3 Å². The third-order valence-corrected chi connectivity index (χ3v) is 4.42. The molecule has 2 heteroatoms. The molecular formula is C22H20O2. The van der Waals surface area contributed by atoms with Gasteiger partial charge in [0.25, 0.3) is 0 Å². The summed E-state index contributed by atoms with van der Waals surface area (Å²) in [7, 11) is 0. The summed E-state index contributed by atoms with van der Waals surface area (Å²) in [6.07, 6.45) is 0. The van der Waals surface area contributed by atoms with Crippen molar-refractivity contribution in [3.63, 3.8) is 0 Å². The molecule has 0 saturated heterocycles. The first kappa shape index (κ1) is 16.0. The van der Waals surface area contributed by atoms with E-state index in [4.69, 9.17) is 0 Å². The van der Waals surface area contributed by atoms with Crippen LogP contribution in [0.1, 0.15) is 39.9 Å². The largest absolute Gasteiger partial charge is 0.478 e. The Morgan fingerprint density at radius 3 is 2.12 bits per heavy atom. The van der Waals surface area contributed by atoms with Gasteiger partial charge in [-0.1, -0.05) is 79.2 Å². The molecule has 0 aliphatic heterocycles. The Bertz CT molecular complexity index is 849. The Labute approximate surface area is 142 Å². The summed E-state index contributed by atoms with van der Waals surface area (Å²) in [5, 5.41) is 9.45. The molecule has 24 heavy (non-hydrogen) atoms. The molecule has 0 fully saturated rings. The predicted molar refractivity (Wildman–Crippen MR) is 97.5 cm³/mol. The standard InChI is InChI=1S/C22H20O2/c1-15-8-13-20(22(23)24)21(14-15)16(2)17-9-11-19(12-10-17)18-6-4-3-5-7-18/h3-14,16H,1-2H3,(H,23,24). The number of benzene rings is 3. The Morgan fingerprint density at radius 2 is 1.50 bits per heavy atom. The number of hydrogen-bond acceptors (Lipinski definition) is 1. The van der Waals surface area contributed by atoms with Gasteiger partial charge in [0.2, 0.25) is 0 Å². The number of carbonyl (C=O) groups is 1. The van der Waals surface area contributed by atoms with Crippen LogP contribution in [0.3, 0.4) is 0 Å². The molecule has 2 nitrogen and oxygen atoms in total. The molecule has 3 aromatic rings. The van der Waals surface area contributed by atoms with Crippen molar-refractivity contribution in [2.75, 3.05) is 0 Å². The van der Waals surface area contributed by atoms with E-state index in [2.05, 4.69) is 43.3 Å². The fourth-order valence-corrected chi connectivity index (χ4v) is 3.01. The van der Waals surface area contributed by atoms with Crippen LogP contribution in [0.2, 0.25) is 0 Å². The summed E-state index contributed by atoms with van der Waals surface area (Å²) >= 11 is 0. The number of aromatic carboxylic acids is 1. The lowest BCUT2D eigenvalue weighted by molar-refractivity contribution is 0.0695. The summed E-state index contributed by atoms with van der Waals surface area (Å²) in [5.41, 5.74) is 5.76. The molecule has 0 heterocycles. The van der Waals surface area contributed by atoms with Gasteiger partial charge in [0, 0.05) is 5.92 Å². The van der Waals surface area contributed by atoms with Crippen molar-refractivity contribution in [2.24, 2.45) is 0 Å². The van der Waals surface area contributed by atoms with Crippen LogP contribution in [-0.4, -0.2) is 11.1 Å². The van der Waals surface area contributed by atoms with Gasteiger partial charge in [0.1, 0.15) is 0 Å². The predicted octanol–water partition coefficient (Wildman–Crippen LogP) is 5.51. The molecule has 0 aliphatic carbocycles. The summed E-state index contributed by atoms with van der Waals surface area (Å²) in [5.74, 6) is -0.849. The molecule has 0 saturated carbocycles. The van der Waals surface area contributed by atoms with E-state index in [1.54, 1.807) is 6.07 Å². The molecule has 0 aromatic heterocycles. The molecule has 1 atom stereocenters. The van der Waals surface area contributed by atoms with Crippen LogP contribution in [-0.2, 0) is 0 Å². The van der Waals surface area contributed by atoms with E-state index >= 15 is 0 Å². The Hall–Kier alpha value is -2.87. The normalized spacial score (nSPS) is 11.9. The highest BCUT2D eigenvalue weighted by Crippen LogP contribution is 2.30. The van der Waals surface area contributed by atoms with E-state index in [-0.39, 0.29) is 5.92 Å². The zero-order valence-corrected chi connectivity index (χ0v) is 13.9. The Morgan fingerprint density at radius 1 is 0.875 bits per heavy atom. The van der Waals surface area contributed by atoms with Gasteiger partial charge in [0.15, 0.2) is 0 Å². The third kappa shape index (κ3) is 3.23. The first-order chi connectivity index (χ1) is 11.6. The Kier molecular flexibility index (Phi) is 4.48. The van der Waals surface area contributed by atoms with Crippen molar-refractivity contribution in [1.29, 1.82) is 0 Å². The van der Waals surface area contributed by atoms with Crippen LogP contribution in [0.25, 0.3) is 11.1 Å². The Balaban J connectivity index is 1.95. The van der Waals surface area contributed by atoms with Crippen molar-refractivity contribution in [1.82, 2.24) is 0 Å². The minimum Gasteiger partial charge on any atom is -0.478 e. The van der Waals surface area contributed by atoms with Crippen LogP contribution < -0.4 is 0 Å². The summed E-state index contributed by atoms with van der Waals surface area (Å²) in [6, 6.07) is 24.1. The average molecular weight is 316 g/mol. The zero-order chi connectivity index (χ0) is 17.1. The lowest BCUT2D eigenvalue weighted by Crippen LogP contribution is -2.07. The number of hydrogen-bond donors (Lipinski definition) is 1. The molecule has 3 rings (SSSR count). The molecule has 0 bridgehead atoms. The lowest BCUT2D eigenvalue weighted by Gasteiger charge is -2.16. The number of rotatable bonds is 4. The van der Waals surface area contributed by atoms with Crippen molar-refractivity contribution < 1.29 is 9.90 Å². The highest BCUT2D eigenvalue weighted by atomic mass is 16.4. The quantitative estimate of drug-likeness (QED) is 0.689. The number of aryl methyl sites for hydroxylation is 1. The van der Waals surface area contributed by atoms with Gasteiger partial charge < -0.3 is 5.11 Å². The van der Waals surface area contributed by atoms with E-state index in [0.29, 0.717) is 5.56 Å². The van der Waals surface area contributed by atoms with Crippen LogP contribution >= 0.6 is 0 Å². The molecule has 120 valence electrons. The molecule has 1 N–H and O–H groups in total. The minimum atomic E-state index is -0.877. The highest BCUT2D eigenvalue weighted by Gasteiger charge is 2.17. The van der Waals surface area contributed by atoms with Gasteiger partial charge in [-0.05, 0) is 35.2 Å². The maximum Gasteiger partial charge on any atom is 0.335 e. The third-order valence-electron chi connectivity index (χ3n) is 4.42. The summed E-state index contributed by atoms with van der Waals surface area (Å²) < 4.78 is 0. The van der Waals surface area contributed by atoms with Crippen molar-refractivity contribution in [3.05, 3.63) is 95.1 Å². The van der Waals surface area contributed by atoms with E-state index in [9.17, 15) is 9.90 Å². The van der Waals surface area contributed by atoms with Gasteiger partial charge in [-0.25, -0.2) is 4.79 Å². The lowest BCUT2D eigenvalue weighted by atomic mass is 9.88. The fraction of sp³-hybridized carbons (Fsp3) is 0.136. The SMILES string of the molecule is Cc1ccc(C(=O)O)c(C(C)c2ccc(-c3ccccc3)cc2)c1. The zero-order valence-electron chi connectivity index (χ0n) is 13.9. The minimum absolute atomic E-state index is 0.0285. The summed E-state index contributed by atoms with van der Waals surface area (Å²) in [4.78, 5) is 11.5.